The molecule has 164 valence electrons. The van der Waals surface area contributed by atoms with Gasteiger partial charge in [-0.15, -0.1) is 0 Å². The van der Waals surface area contributed by atoms with Crippen LogP contribution in [0.2, 0.25) is 0 Å². The van der Waals surface area contributed by atoms with Gasteiger partial charge in [-0.1, -0.05) is 30.4 Å². The van der Waals surface area contributed by atoms with Gasteiger partial charge in [0.1, 0.15) is 0 Å². The van der Waals surface area contributed by atoms with E-state index in [0.29, 0.717) is 34.8 Å². The Morgan fingerprint density at radius 2 is 1.97 bits per heavy atom. The van der Waals surface area contributed by atoms with E-state index in [1.807, 2.05) is 6.92 Å². The van der Waals surface area contributed by atoms with Crippen molar-refractivity contribution in [3.8, 4) is 0 Å². The Kier molecular flexibility index (Phi) is 6.98. The fourth-order valence-corrected chi connectivity index (χ4v) is 5.17. The first kappa shape index (κ1) is 22.8. The minimum Gasteiger partial charge on any atom is -0.380 e. The van der Waals surface area contributed by atoms with Crippen molar-refractivity contribution in [3.05, 3.63) is 62.9 Å². The molecule has 31 heavy (non-hydrogen) atoms. The summed E-state index contributed by atoms with van der Waals surface area (Å²) < 4.78 is 32.5. The molecule has 2 aromatic carbocycles. The highest BCUT2D eigenvalue weighted by atomic mass is 32.2. The van der Waals surface area contributed by atoms with Crippen LogP contribution in [0.15, 0.2) is 52.4 Å². The Hall–Kier alpha value is -2.89. The van der Waals surface area contributed by atoms with Crippen LogP contribution in [-0.4, -0.2) is 42.8 Å². The maximum atomic E-state index is 13.0. The monoisotopic (exact) mass is 463 g/mol. The van der Waals surface area contributed by atoms with E-state index in [4.69, 9.17) is 4.74 Å². The second-order valence-electron chi connectivity index (χ2n) is 6.46. The van der Waals surface area contributed by atoms with Crippen LogP contribution in [0.25, 0.3) is 10.2 Å². The second-order valence-corrected chi connectivity index (χ2v) is 9.71. The highest BCUT2D eigenvalue weighted by Gasteiger charge is 2.21. The number of hydrogen-bond donors (Lipinski definition) is 0. The first-order chi connectivity index (χ1) is 14.8. The van der Waals surface area contributed by atoms with Crippen LogP contribution < -0.4 is 4.80 Å². The Balaban J connectivity index is 2.16. The number of nitro groups is 1. The topological polar surface area (TPSA) is 121 Å². The van der Waals surface area contributed by atoms with E-state index in [-0.39, 0.29) is 21.9 Å². The van der Waals surface area contributed by atoms with Crippen molar-refractivity contribution in [3.63, 3.8) is 0 Å². The number of ether oxygens (including phenoxy) is 1. The highest BCUT2D eigenvalue weighted by Crippen LogP contribution is 2.24. The molecule has 11 heteroatoms. The lowest BCUT2D eigenvalue weighted by Crippen LogP contribution is -2.20. The van der Waals surface area contributed by atoms with Gasteiger partial charge in [0.15, 0.2) is 14.6 Å². The van der Waals surface area contributed by atoms with E-state index >= 15 is 0 Å². The molecule has 0 fully saturated rings. The number of sulfone groups is 1. The van der Waals surface area contributed by atoms with Gasteiger partial charge in [0.05, 0.1) is 38.0 Å². The van der Waals surface area contributed by atoms with Crippen molar-refractivity contribution in [2.75, 3.05) is 19.0 Å². The van der Waals surface area contributed by atoms with Gasteiger partial charge < -0.3 is 9.30 Å². The smallest absolute Gasteiger partial charge is 0.280 e. The highest BCUT2D eigenvalue weighted by molar-refractivity contribution is 7.91. The zero-order valence-corrected chi connectivity index (χ0v) is 18.6. The van der Waals surface area contributed by atoms with Crippen LogP contribution >= 0.6 is 11.3 Å². The normalized spacial score (nSPS) is 12.4. The van der Waals surface area contributed by atoms with Gasteiger partial charge in [-0.3, -0.25) is 14.9 Å². The fraction of sp³-hybridized carbons (Fsp3) is 0.300. The van der Waals surface area contributed by atoms with Crippen molar-refractivity contribution in [1.29, 1.82) is 0 Å². The van der Waals surface area contributed by atoms with Crippen LogP contribution in [0.5, 0.6) is 0 Å². The molecule has 0 spiro atoms. The molecule has 0 aliphatic rings. The summed E-state index contributed by atoms with van der Waals surface area (Å²) >= 11 is 1.12. The van der Waals surface area contributed by atoms with Gasteiger partial charge >= 0.3 is 0 Å². The van der Waals surface area contributed by atoms with Crippen LogP contribution in [0.4, 0.5) is 5.69 Å². The number of nitrogens with zero attached hydrogens (tertiary/aromatic N) is 3. The van der Waals surface area contributed by atoms with Gasteiger partial charge in [0, 0.05) is 25.3 Å². The molecule has 0 saturated heterocycles. The average Bonchev–Trinajstić information content (AvgIpc) is 3.10. The number of aromatic nitrogens is 1. The molecule has 9 nitrogen and oxygen atoms in total. The van der Waals surface area contributed by atoms with Crippen molar-refractivity contribution in [2.24, 2.45) is 4.99 Å². The predicted octanol–water partition coefficient (Wildman–Crippen LogP) is 3.18. The van der Waals surface area contributed by atoms with Crippen molar-refractivity contribution in [2.45, 2.75) is 25.3 Å². The lowest BCUT2D eigenvalue weighted by Gasteiger charge is -2.07. The summed E-state index contributed by atoms with van der Waals surface area (Å²) in [6.45, 7) is 4.63. The Labute approximate surface area is 182 Å². The van der Waals surface area contributed by atoms with Crippen LogP contribution in [0.3, 0.4) is 0 Å². The number of nitro benzene ring substituents is 1. The average molecular weight is 464 g/mol. The molecule has 1 amide bonds. The molecule has 0 saturated carbocycles. The summed E-state index contributed by atoms with van der Waals surface area (Å²) in [7, 11) is -3.61. The molecule has 0 radical (unpaired) electrons. The third-order valence-electron chi connectivity index (χ3n) is 4.57. The van der Waals surface area contributed by atoms with Gasteiger partial charge in [-0.25, -0.2) is 8.42 Å². The molecule has 0 aliphatic heterocycles. The lowest BCUT2D eigenvalue weighted by atomic mass is 10.2. The Morgan fingerprint density at radius 1 is 1.23 bits per heavy atom. The number of carbonyl (C=O) groups excluding carboxylic acids is 1. The quantitative estimate of drug-likeness (QED) is 0.287. The minimum absolute atomic E-state index is 0.0101. The molecule has 1 aromatic heterocycles. The maximum Gasteiger partial charge on any atom is 0.280 e. The van der Waals surface area contributed by atoms with Crippen LogP contribution in [0, 0.1) is 10.1 Å². The van der Waals surface area contributed by atoms with Gasteiger partial charge in [-0.05, 0) is 25.1 Å². The summed E-state index contributed by atoms with van der Waals surface area (Å²) in [6.07, 6.45) is 0. The molecule has 3 aromatic rings. The third-order valence-corrected chi connectivity index (χ3v) is 7.40. The number of fused-ring (bicyclic) bond motifs is 1. The summed E-state index contributed by atoms with van der Waals surface area (Å²) in [6, 6.07) is 10.4. The first-order valence-electron chi connectivity index (χ1n) is 9.54. The van der Waals surface area contributed by atoms with E-state index in [0.717, 1.165) is 11.3 Å². The summed E-state index contributed by atoms with van der Waals surface area (Å²) in [5.74, 6) is -0.836. The number of carbonyl (C=O) groups is 1. The second kappa shape index (κ2) is 9.50. The van der Waals surface area contributed by atoms with Crippen molar-refractivity contribution in [1.82, 2.24) is 4.57 Å². The molecule has 0 atom stereocenters. The van der Waals surface area contributed by atoms with Crippen molar-refractivity contribution >= 4 is 43.0 Å². The zero-order chi connectivity index (χ0) is 22.6. The summed E-state index contributed by atoms with van der Waals surface area (Å²) in [4.78, 5) is 28.0. The number of non-ortho nitro benzene ring substituents is 1. The maximum absolute atomic E-state index is 13.0. The van der Waals surface area contributed by atoms with E-state index in [9.17, 15) is 23.3 Å². The zero-order valence-electron chi connectivity index (χ0n) is 17.0. The molecule has 0 bridgehead atoms. The minimum atomic E-state index is -3.61. The number of benzene rings is 2. The molecule has 3 rings (SSSR count). The molecular formula is C20H21N3O6S2. The number of amides is 1. The molecule has 1 heterocycles. The predicted molar refractivity (Wildman–Crippen MR) is 117 cm³/mol. The number of thiazole rings is 1. The van der Waals surface area contributed by atoms with Crippen LogP contribution in [-0.2, 0) is 21.1 Å². The molecule has 0 N–H and O–H groups in total. The fourth-order valence-electron chi connectivity index (χ4n) is 2.99. The largest absolute Gasteiger partial charge is 0.380 e. The standard InChI is InChI=1S/C20H21N3O6S2/c1-3-29-12-11-22-16-10-9-14(23(25)26)13-17(16)30-20(22)21-19(24)15-7-5-6-8-18(15)31(27,28)4-2/h5-10,13H,3-4,11-12H2,1-2H3. The van der Waals surface area contributed by atoms with E-state index in [2.05, 4.69) is 4.99 Å². The van der Waals surface area contributed by atoms with E-state index < -0.39 is 20.7 Å². The van der Waals surface area contributed by atoms with Crippen LogP contribution in [0.1, 0.15) is 24.2 Å². The Morgan fingerprint density at radius 3 is 2.65 bits per heavy atom. The first-order valence-corrected chi connectivity index (χ1v) is 12.0. The van der Waals surface area contributed by atoms with Gasteiger partial charge in [0.25, 0.3) is 11.6 Å². The van der Waals surface area contributed by atoms with Gasteiger partial charge in [-0.2, -0.15) is 4.99 Å². The van der Waals surface area contributed by atoms with Crippen molar-refractivity contribution < 1.29 is 22.9 Å². The summed E-state index contributed by atoms with van der Waals surface area (Å²) in [5.41, 5.74) is 0.600. The Bertz CT molecular complexity index is 1310. The summed E-state index contributed by atoms with van der Waals surface area (Å²) in [5, 5.41) is 11.1. The SMILES string of the molecule is CCOCCn1c(=NC(=O)c2ccccc2S(=O)(=O)CC)sc2cc([N+](=O)[O-])ccc21. The van der Waals surface area contributed by atoms with E-state index in [1.54, 1.807) is 22.8 Å². The number of hydrogen-bond acceptors (Lipinski definition) is 7. The van der Waals surface area contributed by atoms with Gasteiger partial charge in [0.2, 0.25) is 0 Å². The van der Waals surface area contributed by atoms with E-state index in [1.165, 1.54) is 31.2 Å². The molecule has 0 aliphatic carbocycles. The number of rotatable bonds is 8. The lowest BCUT2D eigenvalue weighted by molar-refractivity contribution is -0.384. The third kappa shape index (κ3) is 4.89. The molecule has 0 unspecified atom stereocenters. The molecular weight excluding hydrogens is 442 g/mol.